The standard InChI is InChI=1S/C37H52IN3/c1-7-19-39(20-8-2)29-15-13-28(14-16-29)36-32-18-17-30(40(21-9-3)22-10-4)25-33(32)34-26-31(27-35(38)37(34)36)41(23-11-5)24-12-6/h13-18,25-27,36H,7-12,19-24H2,1-6H3. The summed E-state index contributed by atoms with van der Waals surface area (Å²) in [5.74, 6) is 0.270. The van der Waals surface area contributed by atoms with Crippen molar-refractivity contribution >= 4 is 39.7 Å². The first-order valence-electron chi connectivity index (χ1n) is 16.3. The van der Waals surface area contributed by atoms with Crippen LogP contribution >= 0.6 is 22.6 Å². The van der Waals surface area contributed by atoms with Gasteiger partial charge in [0.05, 0.1) is 0 Å². The van der Waals surface area contributed by atoms with Crippen molar-refractivity contribution in [2.24, 2.45) is 0 Å². The van der Waals surface area contributed by atoms with E-state index < -0.39 is 0 Å². The van der Waals surface area contributed by atoms with Crippen LogP contribution in [0, 0.1) is 3.57 Å². The van der Waals surface area contributed by atoms with Crippen LogP contribution in [0.15, 0.2) is 54.6 Å². The summed E-state index contributed by atoms with van der Waals surface area (Å²) in [5.41, 5.74) is 11.3. The van der Waals surface area contributed by atoms with Gasteiger partial charge in [0.15, 0.2) is 0 Å². The molecule has 222 valence electrons. The number of halogens is 1. The topological polar surface area (TPSA) is 9.72 Å². The van der Waals surface area contributed by atoms with Gasteiger partial charge < -0.3 is 14.7 Å². The van der Waals surface area contributed by atoms with Gasteiger partial charge in [-0.3, -0.25) is 0 Å². The summed E-state index contributed by atoms with van der Waals surface area (Å²) in [4.78, 5) is 7.70. The first-order chi connectivity index (χ1) is 20.0. The van der Waals surface area contributed by atoms with Crippen LogP contribution in [0.5, 0.6) is 0 Å². The third kappa shape index (κ3) is 7.06. The van der Waals surface area contributed by atoms with Gasteiger partial charge in [-0.05, 0) is 125 Å². The fourth-order valence-corrected chi connectivity index (χ4v) is 7.56. The maximum atomic E-state index is 2.62. The summed E-state index contributed by atoms with van der Waals surface area (Å²) in [6, 6.07) is 21.8. The summed E-state index contributed by atoms with van der Waals surface area (Å²) >= 11 is 2.62. The number of fused-ring (bicyclic) bond motifs is 3. The molecule has 41 heavy (non-hydrogen) atoms. The fraction of sp³-hybridized carbons (Fsp3) is 0.514. The molecule has 3 nitrogen and oxygen atoms in total. The van der Waals surface area contributed by atoms with Crippen LogP contribution in [-0.4, -0.2) is 39.3 Å². The maximum absolute atomic E-state index is 2.62. The van der Waals surface area contributed by atoms with Crippen LogP contribution < -0.4 is 14.7 Å². The minimum absolute atomic E-state index is 0.270. The number of nitrogens with zero attached hydrogens (tertiary/aromatic N) is 3. The normalized spacial score (nSPS) is 13.7. The average Bonchev–Trinajstić information content (AvgIpc) is 3.31. The minimum Gasteiger partial charge on any atom is -0.372 e. The quantitative estimate of drug-likeness (QED) is 0.110. The molecule has 1 unspecified atom stereocenters. The van der Waals surface area contributed by atoms with Crippen LogP contribution in [0.25, 0.3) is 11.1 Å². The highest BCUT2D eigenvalue weighted by Gasteiger charge is 2.33. The van der Waals surface area contributed by atoms with Crippen molar-refractivity contribution in [1.29, 1.82) is 0 Å². The minimum atomic E-state index is 0.270. The summed E-state index contributed by atoms with van der Waals surface area (Å²) < 4.78 is 1.39. The Balaban J connectivity index is 1.85. The summed E-state index contributed by atoms with van der Waals surface area (Å²) in [6.07, 6.45) is 7.02. The lowest BCUT2D eigenvalue weighted by atomic mass is 9.89. The number of anilines is 3. The first-order valence-corrected chi connectivity index (χ1v) is 17.4. The van der Waals surface area contributed by atoms with Gasteiger partial charge >= 0.3 is 0 Å². The van der Waals surface area contributed by atoms with Gasteiger partial charge in [-0.1, -0.05) is 59.7 Å². The van der Waals surface area contributed by atoms with E-state index in [1.165, 1.54) is 87.0 Å². The average molecular weight is 666 g/mol. The van der Waals surface area contributed by atoms with Crippen molar-refractivity contribution in [3.05, 3.63) is 74.9 Å². The van der Waals surface area contributed by atoms with Gasteiger partial charge in [0.1, 0.15) is 0 Å². The maximum Gasteiger partial charge on any atom is 0.0383 e. The van der Waals surface area contributed by atoms with Gasteiger partial charge in [-0.25, -0.2) is 0 Å². The van der Waals surface area contributed by atoms with Crippen molar-refractivity contribution in [3.63, 3.8) is 0 Å². The Morgan fingerprint density at radius 1 is 0.512 bits per heavy atom. The van der Waals surface area contributed by atoms with Crippen LogP contribution in [0.2, 0.25) is 0 Å². The molecule has 0 fully saturated rings. The molecule has 0 aromatic heterocycles. The van der Waals surface area contributed by atoms with Crippen molar-refractivity contribution in [1.82, 2.24) is 0 Å². The Morgan fingerprint density at radius 3 is 1.46 bits per heavy atom. The molecular weight excluding hydrogens is 613 g/mol. The van der Waals surface area contributed by atoms with Crippen LogP contribution in [-0.2, 0) is 0 Å². The molecule has 0 N–H and O–H groups in total. The van der Waals surface area contributed by atoms with Crippen molar-refractivity contribution in [2.45, 2.75) is 86.0 Å². The summed E-state index contributed by atoms with van der Waals surface area (Å²) in [5, 5.41) is 0. The van der Waals surface area contributed by atoms with E-state index in [2.05, 4.69) is 133 Å². The predicted molar refractivity (Wildman–Crippen MR) is 190 cm³/mol. The molecule has 0 aliphatic heterocycles. The molecule has 3 aromatic rings. The van der Waals surface area contributed by atoms with E-state index in [1.807, 2.05) is 0 Å². The molecule has 1 aliphatic carbocycles. The summed E-state index contributed by atoms with van der Waals surface area (Å²) in [6.45, 7) is 20.4. The molecule has 0 amide bonds. The molecule has 0 bridgehead atoms. The lowest BCUT2D eigenvalue weighted by molar-refractivity contribution is 0.744. The highest BCUT2D eigenvalue weighted by atomic mass is 127. The smallest absolute Gasteiger partial charge is 0.0383 e. The lowest BCUT2D eigenvalue weighted by Gasteiger charge is -2.26. The second kappa shape index (κ2) is 15.3. The highest BCUT2D eigenvalue weighted by Crippen LogP contribution is 2.52. The lowest BCUT2D eigenvalue weighted by Crippen LogP contribution is -2.25. The third-order valence-corrected chi connectivity index (χ3v) is 9.22. The third-order valence-electron chi connectivity index (χ3n) is 8.32. The summed E-state index contributed by atoms with van der Waals surface area (Å²) in [7, 11) is 0. The van der Waals surface area contributed by atoms with Crippen LogP contribution in [0.1, 0.15) is 103 Å². The van der Waals surface area contributed by atoms with E-state index in [4.69, 9.17) is 0 Å². The second-order valence-electron chi connectivity index (χ2n) is 11.6. The monoisotopic (exact) mass is 665 g/mol. The Morgan fingerprint density at radius 2 is 0.951 bits per heavy atom. The Labute approximate surface area is 264 Å². The molecule has 1 aliphatic rings. The van der Waals surface area contributed by atoms with E-state index in [0.29, 0.717) is 0 Å². The van der Waals surface area contributed by atoms with E-state index >= 15 is 0 Å². The van der Waals surface area contributed by atoms with Crippen molar-refractivity contribution < 1.29 is 0 Å². The molecular formula is C37H52IN3. The van der Waals surface area contributed by atoms with Gasteiger partial charge in [0, 0.05) is 65.8 Å². The van der Waals surface area contributed by atoms with E-state index in [0.717, 1.165) is 39.3 Å². The second-order valence-corrected chi connectivity index (χ2v) is 12.8. The first kappa shape index (κ1) is 31.7. The molecule has 4 heteroatoms. The van der Waals surface area contributed by atoms with Crippen LogP contribution in [0.3, 0.4) is 0 Å². The van der Waals surface area contributed by atoms with E-state index in [9.17, 15) is 0 Å². The van der Waals surface area contributed by atoms with E-state index in [1.54, 1.807) is 0 Å². The Hall–Kier alpha value is -2.21. The zero-order chi connectivity index (χ0) is 29.4. The largest absolute Gasteiger partial charge is 0.372 e. The van der Waals surface area contributed by atoms with Gasteiger partial charge in [-0.15, -0.1) is 0 Å². The van der Waals surface area contributed by atoms with Gasteiger partial charge in [0.2, 0.25) is 0 Å². The molecule has 0 spiro atoms. The number of benzene rings is 3. The number of rotatable bonds is 16. The predicted octanol–water partition coefficient (Wildman–Crippen LogP) is 10.3. The van der Waals surface area contributed by atoms with Gasteiger partial charge in [-0.2, -0.15) is 0 Å². The molecule has 3 aromatic carbocycles. The molecule has 4 rings (SSSR count). The number of hydrogen-bond acceptors (Lipinski definition) is 3. The van der Waals surface area contributed by atoms with Crippen LogP contribution in [0.4, 0.5) is 17.1 Å². The van der Waals surface area contributed by atoms with Gasteiger partial charge in [0.25, 0.3) is 0 Å². The Bertz CT molecular complexity index is 1230. The van der Waals surface area contributed by atoms with E-state index in [-0.39, 0.29) is 5.92 Å². The Kier molecular flexibility index (Phi) is 11.8. The van der Waals surface area contributed by atoms with Crippen molar-refractivity contribution in [3.8, 4) is 11.1 Å². The van der Waals surface area contributed by atoms with Crippen molar-refractivity contribution in [2.75, 3.05) is 54.0 Å². The zero-order valence-corrected chi connectivity index (χ0v) is 28.6. The fourth-order valence-electron chi connectivity index (χ4n) is 6.64. The molecule has 0 heterocycles. The molecule has 0 radical (unpaired) electrons. The number of hydrogen-bond donors (Lipinski definition) is 0. The highest BCUT2D eigenvalue weighted by molar-refractivity contribution is 14.1. The zero-order valence-electron chi connectivity index (χ0n) is 26.5. The SMILES string of the molecule is CCCN(CCC)c1ccc(C2c3ccc(N(CCC)CCC)cc3-c3cc(N(CCC)CCC)cc(I)c32)cc1. The molecule has 0 saturated heterocycles. The molecule has 1 atom stereocenters. The molecule has 0 saturated carbocycles.